The second-order valence-electron chi connectivity index (χ2n) is 16.4. The molecule has 0 saturated carbocycles. The first kappa shape index (κ1) is 79.0. The van der Waals surface area contributed by atoms with Gasteiger partial charge in [-0.1, -0.05) is 35.1 Å². The number of nitrogens with zero attached hydrogens (tertiary/aromatic N) is 2. The summed E-state index contributed by atoms with van der Waals surface area (Å²) in [6, 6.07) is -4.40. The van der Waals surface area contributed by atoms with Crippen LogP contribution in [0.5, 0.6) is 0 Å². The van der Waals surface area contributed by atoms with E-state index in [4.69, 9.17) is 33.4 Å². The SMILES string of the molecule is C.CC(C)[C@@H](C(=O)O)N1C(=O)c2c(F)c(F)c(F)c(F)c2C1=O.CC(C)[C@@H](C(=O)OCC(F)(OC(F)(F)C(F)(F)C(F)(F)F)C(F)(F)F)N1C(=O)c2c(F)c(F)c(F)c(F)c2C1=O.ClCCl.OCC(F)(OC(F)(F)C(F)(F)C(F)(F)F)C(F)(F)F. The van der Waals surface area contributed by atoms with Crippen molar-refractivity contribution in [3.8, 4) is 0 Å². The van der Waals surface area contributed by atoms with Gasteiger partial charge in [0.05, 0.1) is 27.6 Å². The Morgan fingerprint density at radius 1 is 0.447 bits per heavy atom. The highest BCUT2D eigenvalue weighted by Crippen LogP contribution is 2.53. The first-order chi connectivity index (χ1) is 37.3. The Kier molecular flexibility index (Phi) is 24.7. The fourth-order valence-electron chi connectivity index (χ4n) is 6.07. The number of rotatable bonds is 15. The Bertz CT molecular complexity index is 2750. The topological polar surface area (TPSA) is 177 Å². The fourth-order valence-corrected chi connectivity index (χ4v) is 6.07. The molecule has 488 valence electrons. The number of benzene rings is 2. The van der Waals surface area contributed by atoms with Gasteiger partial charge in [-0.3, -0.25) is 38.5 Å². The summed E-state index contributed by atoms with van der Waals surface area (Å²) in [6.07, 6.45) is -41.8. The van der Waals surface area contributed by atoms with Crippen LogP contribution in [0.4, 0.5) is 132 Å². The van der Waals surface area contributed by atoms with E-state index in [-0.39, 0.29) is 17.7 Å². The highest BCUT2D eigenvalue weighted by Gasteiger charge is 2.80. The van der Waals surface area contributed by atoms with Gasteiger partial charge in [0.1, 0.15) is 18.7 Å². The van der Waals surface area contributed by atoms with E-state index in [0.29, 0.717) is 0 Å². The van der Waals surface area contributed by atoms with Gasteiger partial charge in [0.15, 0.2) is 53.1 Å². The van der Waals surface area contributed by atoms with E-state index in [1.165, 1.54) is 13.8 Å². The van der Waals surface area contributed by atoms with E-state index in [9.17, 15) is 160 Å². The Labute approximate surface area is 460 Å². The number of imide groups is 2. The quantitative estimate of drug-likeness (QED) is 0.0433. The summed E-state index contributed by atoms with van der Waals surface area (Å²) in [5, 5.41) is 17.2. The lowest BCUT2D eigenvalue weighted by Crippen LogP contribution is -2.60. The molecule has 13 nitrogen and oxygen atoms in total. The van der Waals surface area contributed by atoms with E-state index in [1.54, 1.807) is 0 Å². The summed E-state index contributed by atoms with van der Waals surface area (Å²) in [5.74, 6) is -58.9. The van der Waals surface area contributed by atoms with E-state index in [1.807, 2.05) is 4.74 Å². The standard InChI is InChI=1S/C19H10F15NO5.C13H9F4NO4.C6H3F11O2.CH2Cl2.CH4/c1-4(2)11(35-12(36)5-6(13(35)37)8(21)10(23)9(22)7(5)20)14(38)39-3-15(24,17(27,28)29)40-19(33,34)16(25,26)18(30,31)32;1-3(2)10(13(21)22)18-11(19)4-5(12(18)20)7(15)9(17)8(16)6(4)14;7-2(1-18,4(10,11)12)19-6(16,17)3(8,9)5(13,14)15;2-1-3;/h4,11H,3H2,1-2H3;3,10H,1-2H3,(H,21,22);18H,1H2;1H2;1H4/t11-,15?;10-;;;/m00.../s1. The number of esters is 1. The lowest BCUT2D eigenvalue weighted by Gasteiger charge is -2.35. The fraction of sp³-hybridized carbons (Fsp3) is 0.550. The van der Waals surface area contributed by atoms with Crippen LogP contribution in [0.1, 0.15) is 76.6 Å². The van der Waals surface area contributed by atoms with Crippen molar-refractivity contribution in [2.75, 3.05) is 18.6 Å². The second-order valence-corrected chi connectivity index (χ2v) is 17.2. The molecule has 45 heteroatoms. The van der Waals surface area contributed by atoms with Crippen LogP contribution < -0.4 is 0 Å². The van der Waals surface area contributed by atoms with Gasteiger partial charge in [0.2, 0.25) is 0 Å². The number of hydrogen-bond acceptors (Lipinski definition) is 10. The zero-order chi connectivity index (χ0) is 67.1. The smallest absolute Gasteiger partial charge is 0.462 e. The van der Waals surface area contributed by atoms with Crippen molar-refractivity contribution >= 4 is 58.8 Å². The van der Waals surface area contributed by atoms with Gasteiger partial charge in [-0.05, 0) is 11.8 Å². The molecule has 2 heterocycles. The highest BCUT2D eigenvalue weighted by atomic mass is 35.5. The van der Waals surface area contributed by atoms with Crippen LogP contribution in [-0.2, 0) is 23.8 Å². The molecule has 2 N–H and O–H groups in total. The van der Waals surface area contributed by atoms with Crippen LogP contribution in [0.2, 0.25) is 0 Å². The van der Waals surface area contributed by atoms with Gasteiger partial charge >= 0.3 is 72.4 Å². The van der Waals surface area contributed by atoms with Crippen molar-refractivity contribution in [2.45, 2.75) is 108 Å². The predicted octanol–water partition coefficient (Wildman–Crippen LogP) is 12.5. The number of fused-ring (bicyclic) bond motifs is 2. The van der Waals surface area contributed by atoms with Gasteiger partial charge in [-0.2, -0.15) is 96.6 Å². The molecule has 0 fully saturated rings. The van der Waals surface area contributed by atoms with E-state index in [2.05, 4.69) is 9.47 Å². The molecule has 4 atom stereocenters. The molecule has 0 aromatic heterocycles. The van der Waals surface area contributed by atoms with Gasteiger partial charge < -0.3 is 14.9 Å². The minimum atomic E-state index is -7.42. The third-order valence-electron chi connectivity index (χ3n) is 10.1. The summed E-state index contributed by atoms with van der Waals surface area (Å²) in [6.45, 7) is -1.81. The number of aliphatic hydroxyl groups is 1. The predicted molar refractivity (Wildman–Crippen MR) is 214 cm³/mol. The highest BCUT2D eigenvalue weighted by molar-refractivity contribution is 6.40. The Morgan fingerprint density at radius 3 is 0.882 bits per heavy atom. The lowest BCUT2D eigenvalue weighted by atomic mass is 10.0. The minimum absolute atomic E-state index is 0. The number of carbonyl (C=O) groups excluding carboxylic acids is 5. The van der Waals surface area contributed by atoms with Crippen LogP contribution in [0, 0.1) is 58.4 Å². The van der Waals surface area contributed by atoms with E-state index < -0.39 is 207 Å². The van der Waals surface area contributed by atoms with Crippen molar-refractivity contribution in [1.29, 1.82) is 0 Å². The number of amides is 4. The molecule has 0 aliphatic carbocycles. The van der Waals surface area contributed by atoms with Crippen LogP contribution >= 0.6 is 23.2 Å². The molecule has 0 spiro atoms. The lowest BCUT2D eigenvalue weighted by molar-refractivity contribution is -0.485. The van der Waals surface area contributed by atoms with E-state index in [0.717, 1.165) is 13.8 Å². The number of aliphatic carboxylic acids is 1. The molecule has 4 amide bonds. The maximum atomic E-state index is 14.3. The molecule has 4 rings (SSSR count). The number of halogens is 32. The molecule has 0 bridgehead atoms. The molecule has 0 saturated heterocycles. The summed E-state index contributed by atoms with van der Waals surface area (Å²) in [5.41, 5.74) is -6.19. The third kappa shape index (κ3) is 15.1. The van der Waals surface area contributed by atoms with Crippen LogP contribution in [0.3, 0.4) is 0 Å². The second kappa shape index (κ2) is 26.6. The molecular weight excluding hydrogens is 1330 g/mol. The summed E-state index contributed by atoms with van der Waals surface area (Å²) in [7, 11) is 0. The summed E-state index contributed by atoms with van der Waals surface area (Å²) < 4.78 is 391. The summed E-state index contributed by atoms with van der Waals surface area (Å²) in [4.78, 5) is 72.2. The molecule has 2 aromatic rings. The average molecular weight is 1350 g/mol. The number of aliphatic hydroxyl groups excluding tert-OH is 1. The molecule has 2 aromatic carbocycles. The first-order valence-electron chi connectivity index (χ1n) is 20.4. The zero-order valence-corrected chi connectivity index (χ0v) is 41.5. The van der Waals surface area contributed by atoms with Crippen LogP contribution in [0.25, 0.3) is 0 Å². The third-order valence-corrected chi connectivity index (χ3v) is 10.1. The average Bonchev–Trinajstić information content (AvgIpc) is 2.37. The number of hydrogen-bond donors (Lipinski definition) is 2. The van der Waals surface area contributed by atoms with Crippen LogP contribution in [0.15, 0.2) is 0 Å². The van der Waals surface area contributed by atoms with E-state index >= 15 is 0 Å². The van der Waals surface area contributed by atoms with Gasteiger partial charge in [-0.25, -0.2) is 44.7 Å². The Morgan fingerprint density at radius 2 is 0.682 bits per heavy atom. The van der Waals surface area contributed by atoms with Crippen molar-refractivity contribution in [3.63, 3.8) is 0 Å². The maximum Gasteiger partial charge on any atom is 0.462 e. The number of carboxylic acid groups (broad SMARTS) is 1. The Hall–Kier alpha value is -5.98. The largest absolute Gasteiger partial charge is 0.480 e. The number of carbonyl (C=O) groups is 6. The molecule has 2 aliphatic rings. The molecule has 0 radical (unpaired) electrons. The normalized spacial score (nSPS) is 16.5. The number of ether oxygens (including phenoxy) is 3. The summed E-state index contributed by atoms with van der Waals surface area (Å²) >= 11 is 9.53. The van der Waals surface area contributed by atoms with Crippen molar-refractivity contribution < 1.29 is 185 Å². The van der Waals surface area contributed by atoms with Gasteiger partial charge in [0, 0.05) is 0 Å². The van der Waals surface area contributed by atoms with Gasteiger partial charge in [0.25, 0.3) is 23.6 Å². The maximum absolute atomic E-state index is 14.3. The zero-order valence-electron chi connectivity index (χ0n) is 40.0. The monoisotopic (exact) mass is 1350 g/mol. The first-order valence-corrected chi connectivity index (χ1v) is 21.5. The van der Waals surface area contributed by atoms with Gasteiger partial charge in [-0.15, -0.1) is 23.2 Å². The molecule has 2 unspecified atom stereocenters. The van der Waals surface area contributed by atoms with Crippen molar-refractivity contribution in [2.24, 2.45) is 11.8 Å². The minimum Gasteiger partial charge on any atom is -0.480 e. The number of carboxylic acids is 1. The van der Waals surface area contributed by atoms with Crippen molar-refractivity contribution in [1.82, 2.24) is 9.80 Å². The molecule has 2 aliphatic heterocycles. The molecule has 85 heavy (non-hydrogen) atoms. The number of alkyl halides is 24. The Balaban J connectivity index is 0.00000132. The molecular formula is C40H28Cl2F30N2O11. The van der Waals surface area contributed by atoms with Crippen molar-refractivity contribution in [3.05, 3.63) is 68.8 Å². The van der Waals surface area contributed by atoms with Crippen LogP contribution in [-0.4, -0.2) is 147 Å².